The van der Waals surface area contributed by atoms with Crippen molar-refractivity contribution >= 4 is 30.0 Å². The van der Waals surface area contributed by atoms with Gasteiger partial charge in [-0.05, 0) is 95.5 Å². The van der Waals surface area contributed by atoms with Crippen LogP contribution in [0.15, 0.2) is 59.5 Å². The monoisotopic (exact) mass is 572 g/mol. The molecule has 1 heterocycles. The molecule has 228 valence electrons. The van der Waals surface area contributed by atoms with Crippen molar-refractivity contribution < 1.29 is 9.59 Å². The summed E-state index contributed by atoms with van der Waals surface area (Å²) in [5, 5.41) is 5.88. The molecule has 0 saturated carbocycles. The number of amides is 2. The van der Waals surface area contributed by atoms with Crippen LogP contribution < -0.4 is 10.6 Å². The van der Waals surface area contributed by atoms with Crippen molar-refractivity contribution in [2.75, 3.05) is 20.6 Å². The molecular weight excluding hydrogens is 520 g/mol. The van der Waals surface area contributed by atoms with Gasteiger partial charge in [-0.1, -0.05) is 69.2 Å². The van der Waals surface area contributed by atoms with Crippen molar-refractivity contribution in [3.05, 3.63) is 87.4 Å². The molecule has 42 heavy (non-hydrogen) atoms. The average molecular weight is 573 g/mol. The summed E-state index contributed by atoms with van der Waals surface area (Å²) in [6.45, 7) is 15.8. The standard InChI is InChI=1S/C36H52N4O2/c1-10-15-31(20-28(7)38-25-41)26(5)22-37-36(42)33(13-4)35-27(6)23-40(32(11-2)12-3)34(35)19-18-29-16-14-17-30(21-29)24-39(8)9/h13-14,16-21,23,25,32H,10-12,15,22,24H2,1-9H3,(H,37,42)(H,38,41)/b19-18+,28-20-,31-26+,33-13+. The maximum atomic E-state index is 13.7. The third kappa shape index (κ3) is 9.73. The highest BCUT2D eigenvalue weighted by atomic mass is 16.1. The van der Waals surface area contributed by atoms with Gasteiger partial charge in [0.15, 0.2) is 0 Å². The minimum Gasteiger partial charge on any atom is -0.348 e. The molecule has 0 saturated heterocycles. The lowest BCUT2D eigenvalue weighted by atomic mass is 9.99. The third-order valence-electron chi connectivity index (χ3n) is 7.54. The number of hydrogen-bond donors (Lipinski definition) is 2. The molecule has 1 aromatic heterocycles. The molecule has 1 aromatic carbocycles. The smallest absolute Gasteiger partial charge is 0.251 e. The largest absolute Gasteiger partial charge is 0.348 e. The number of carbonyl (C=O) groups excluding carboxylic acids is 2. The molecule has 2 rings (SSSR count). The number of nitrogens with zero attached hydrogens (tertiary/aromatic N) is 2. The number of hydrogen-bond acceptors (Lipinski definition) is 3. The number of allylic oxidation sites excluding steroid dienone is 4. The first-order valence-corrected chi connectivity index (χ1v) is 15.2. The third-order valence-corrected chi connectivity index (χ3v) is 7.54. The molecule has 2 N–H and O–H groups in total. The molecule has 0 atom stereocenters. The lowest BCUT2D eigenvalue weighted by Gasteiger charge is -2.19. The Bertz CT molecular complexity index is 1320. The molecule has 0 unspecified atom stereocenters. The number of benzene rings is 1. The van der Waals surface area contributed by atoms with Crippen LogP contribution in [0.1, 0.15) is 101 Å². The van der Waals surface area contributed by atoms with Gasteiger partial charge in [0.05, 0.1) is 0 Å². The Kier molecular flexibility index (Phi) is 14.3. The minimum atomic E-state index is -0.0903. The van der Waals surface area contributed by atoms with Gasteiger partial charge in [-0.15, -0.1) is 0 Å². The van der Waals surface area contributed by atoms with Gasteiger partial charge in [-0.25, -0.2) is 0 Å². The molecule has 0 spiro atoms. The van der Waals surface area contributed by atoms with E-state index in [0.717, 1.165) is 71.5 Å². The van der Waals surface area contributed by atoms with E-state index in [0.29, 0.717) is 24.6 Å². The van der Waals surface area contributed by atoms with Crippen LogP contribution in [0.25, 0.3) is 17.7 Å². The Labute approximate surface area is 254 Å². The van der Waals surface area contributed by atoms with Crippen LogP contribution >= 0.6 is 0 Å². The van der Waals surface area contributed by atoms with Crippen molar-refractivity contribution in [3.8, 4) is 0 Å². The molecule has 2 aromatic rings. The molecule has 0 bridgehead atoms. The molecule has 0 radical (unpaired) electrons. The maximum absolute atomic E-state index is 13.7. The van der Waals surface area contributed by atoms with E-state index in [-0.39, 0.29) is 5.91 Å². The number of aromatic nitrogens is 1. The molecule has 0 aliphatic carbocycles. The number of rotatable bonds is 16. The van der Waals surface area contributed by atoms with Gasteiger partial charge >= 0.3 is 0 Å². The van der Waals surface area contributed by atoms with E-state index in [1.54, 1.807) is 0 Å². The lowest BCUT2D eigenvalue weighted by Crippen LogP contribution is -2.27. The molecule has 0 fully saturated rings. The first-order chi connectivity index (χ1) is 20.1. The lowest BCUT2D eigenvalue weighted by molar-refractivity contribution is -0.115. The maximum Gasteiger partial charge on any atom is 0.251 e. The van der Waals surface area contributed by atoms with Crippen molar-refractivity contribution in [2.24, 2.45) is 0 Å². The Hall–Kier alpha value is -3.64. The van der Waals surface area contributed by atoms with Gasteiger partial charge in [-0.2, -0.15) is 0 Å². The fourth-order valence-corrected chi connectivity index (χ4v) is 5.40. The van der Waals surface area contributed by atoms with Crippen LogP contribution in [0.3, 0.4) is 0 Å². The summed E-state index contributed by atoms with van der Waals surface area (Å²) in [5.41, 5.74) is 9.19. The topological polar surface area (TPSA) is 66.4 Å². The zero-order valence-electron chi connectivity index (χ0n) is 27.3. The van der Waals surface area contributed by atoms with E-state index >= 15 is 0 Å². The fraction of sp³-hybridized carbons (Fsp3) is 0.444. The average Bonchev–Trinajstić information content (AvgIpc) is 3.26. The van der Waals surface area contributed by atoms with E-state index in [1.807, 2.05) is 32.9 Å². The Morgan fingerprint density at radius 1 is 1.10 bits per heavy atom. The quantitative estimate of drug-likeness (QED) is 0.123. The highest BCUT2D eigenvalue weighted by Gasteiger charge is 2.22. The van der Waals surface area contributed by atoms with E-state index < -0.39 is 0 Å². The van der Waals surface area contributed by atoms with Crippen LogP contribution in [-0.2, 0) is 16.1 Å². The number of carbonyl (C=O) groups is 2. The highest BCUT2D eigenvalue weighted by Crippen LogP contribution is 2.32. The van der Waals surface area contributed by atoms with E-state index in [1.165, 1.54) is 5.56 Å². The first-order valence-electron chi connectivity index (χ1n) is 15.2. The molecule has 2 amide bonds. The Morgan fingerprint density at radius 2 is 1.81 bits per heavy atom. The van der Waals surface area contributed by atoms with Gasteiger partial charge in [-0.3, -0.25) is 9.59 Å². The second kappa shape index (κ2) is 17.3. The van der Waals surface area contributed by atoms with Crippen LogP contribution in [-0.4, -0.2) is 42.4 Å². The molecule has 0 aliphatic rings. The summed E-state index contributed by atoms with van der Waals surface area (Å²) < 4.78 is 2.35. The van der Waals surface area contributed by atoms with E-state index in [9.17, 15) is 9.59 Å². The molecule has 6 nitrogen and oxygen atoms in total. The SMILES string of the molecule is C/C=C(/C(=O)NC/C(C)=C(/C=C(/C)NC=O)CCC)c1c(C)cn(C(CC)CC)c1/C=C/c1cccc(CN(C)C)c1. The van der Waals surface area contributed by atoms with E-state index in [2.05, 4.69) is 105 Å². The van der Waals surface area contributed by atoms with Crippen molar-refractivity contribution in [1.82, 2.24) is 20.1 Å². The van der Waals surface area contributed by atoms with Gasteiger partial charge in [0, 0.05) is 47.9 Å². The summed E-state index contributed by atoms with van der Waals surface area (Å²) in [6.07, 6.45) is 15.0. The number of aryl methyl sites for hydroxylation is 1. The normalized spacial score (nSPS) is 13.2. The van der Waals surface area contributed by atoms with Crippen LogP contribution in [0.2, 0.25) is 0 Å². The molecule has 6 heteroatoms. The van der Waals surface area contributed by atoms with Gasteiger partial charge in [0.1, 0.15) is 0 Å². The predicted octanol–water partition coefficient (Wildman–Crippen LogP) is 7.68. The van der Waals surface area contributed by atoms with Gasteiger partial charge in [0.25, 0.3) is 5.91 Å². The van der Waals surface area contributed by atoms with Crippen molar-refractivity contribution in [3.63, 3.8) is 0 Å². The second-order valence-corrected chi connectivity index (χ2v) is 11.3. The zero-order valence-corrected chi connectivity index (χ0v) is 27.3. The number of nitrogens with one attached hydrogen (secondary N) is 2. The van der Waals surface area contributed by atoms with Crippen LogP contribution in [0.4, 0.5) is 0 Å². The molecule has 0 aliphatic heterocycles. The molecular formula is C36H52N4O2. The summed E-state index contributed by atoms with van der Waals surface area (Å²) in [6, 6.07) is 8.94. The fourth-order valence-electron chi connectivity index (χ4n) is 5.40. The first kappa shape index (κ1) is 34.6. The summed E-state index contributed by atoms with van der Waals surface area (Å²) in [4.78, 5) is 26.7. The van der Waals surface area contributed by atoms with Crippen LogP contribution in [0.5, 0.6) is 0 Å². The van der Waals surface area contributed by atoms with Crippen molar-refractivity contribution in [1.29, 1.82) is 0 Å². The van der Waals surface area contributed by atoms with E-state index in [4.69, 9.17) is 0 Å². The Balaban J connectivity index is 2.49. The summed E-state index contributed by atoms with van der Waals surface area (Å²) >= 11 is 0. The summed E-state index contributed by atoms with van der Waals surface area (Å²) in [5.74, 6) is -0.0903. The van der Waals surface area contributed by atoms with Gasteiger partial charge < -0.3 is 20.1 Å². The second-order valence-electron chi connectivity index (χ2n) is 11.3. The van der Waals surface area contributed by atoms with Gasteiger partial charge in [0.2, 0.25) is 6.41 Å². The highest BCUT2D eigenvalue weighted by molar-refractivity contribution is 6.20. The van der Waals surface area contributed by atoms with Crippen molar-refractivity contribution in [2.45, 2.75) is 86.7 Å². The summed E-state index contributed by atoms with van der Waals surface area (Å²) in [7, 11) is 4.16. The van der Waals surface area contributed by atoms with Crippen LogP contribution in [0, 0.1) is 6.92 Å². The Morgan fingerprint density at radius 3 is 2.40 bits per heavy atom. The minimum absolute atomic E-state index is 0.0903. The zero-order chi connectivity index (χ0) is 31.2. The predicted molar refractivity (Wildman–Crippen MR) is 179 cm³/mol.